The fraction of sp³-hybridized carbons (Fsp3) is 0.562. The predicted octanol–water partition coefficient (Wildman–Crippen LogP) is 3.84. The summed E-state index contributed by atoms with van der Waals surface area (Å²) in [5.74, 6) is 0.373. The highest BCUT2D eigenvalue weighted by Crippen LogP contribution is 2.23. The molecule has 1 aliphatic rings. The lowest BCUT2D eigenvalue weighted by molar-refractivity contribution is 0.0721. The summed E-state index contributed by atoms with van der Waals surface area (Å²) in [7, 11) is 0. The molecule has 3 nitrogen and oxygen atoms in total. The van der Waals surface area contributed by atoms with Gasteiger partial charge in [0.1, 0.15) is 0 Å². The Kier molecular flexibility index (Phi) is 5.91. The number of benzene rings is 1. The Bertz CT molecular complexity index is 499. The lowest BCUT2D eigenvalue weighted by Gasteiger charge is -2.28. The van der Waals surface area contributed by atoms with Crippen LogP contribution < -0.4 is 5.32 Å². The fourth-order valence-electron chi connectivity index (χ4n) is 2.69. The monoisotopic (exact) mass is 328 g/mol. The molecule has 116 valence electrons. The summed E-state index contributed by atoms with van der Waals surface area (Å²) in [5.41, 5.74) is 0.489. The highest BCUT2D eigenvalue weighted by Gasteiger charge is 2.24. The van der Waals surface area contributed by atoms with Crippen molar-refractivity contribution < 1.29 is 4.79 Å². The maximum Gasteiger partial charge on any atom is 0.255 e. The van der Waals surface area contributed by atoms with Crippen molar-refractivity contribution in [1.82, 2.24) is 10.2 Å². The molecule has 1 heterocycles. The van der Waals surface area contributed by atoms with Crippen molar-refractivity contribution in [2.45, 2.75) is 32.7 Å². The first-order valence-corrected chi connectivity index (χ1v) is 8.20. The van der Waals surface area contributed by atoms with Crippen LogP contribution in [0.5, 0.6) is 0 Å². The number of nitrogens with one attached hydrogen (secondary N) is 1. The second-order valence-corrected chi connectivity index (χ2v) is 6.87. The first-order valence-electron chi connectivity index (χ1n) is 7.45. The van der Waals surface area contributed by atoms with Crippen LogP contribution in [-0.4, -0.2) is 36.5 Å². The van der Waals surface area contributed by atoms with E-state index >= 15 is 0 Å². The van der Waals surface area contributed by atoms with Gasteiger partial charge in [0.25, 0.3) is 5.91 Å². The lowest BCUT2D eigenvalue weighted by Crippen LogP contribution is -2.43. The molecule has 2 rings (SSSR count). The molecule has 0 radical (unpaired) electrons. The van der Waals surface area contributed by atoms with Crippen LogP contribution >= 0.6 is 23.2 Å². The van der Waals surface area contributed by atoms with Crippen molar-refractivity contribution in [2.75, 3.05) is 19.6 Å². The topological polar surface area (TPSA) is 32.3 Å². The van der Waals surface area contributed by atoms with Gasteiger partial charge < -0.3 is 10.2 Å². The standard InChI is InChI=1S/C16H22Cl2N2O/c1-11(2)9-20(10-13-4-3-7-19-13)16(21)14-8-12(17)5-6-15(14)18/h5-6,8,11,13,19H,3-4,7,9-10H2,1-2H3. The first-order chi connectivity index (χ1) is 9.97. The minimum absolute atomic E-state index is 0.0371. The number of amides is 1. The number of carbonyl (C=O) groups is 1. The molecule has 21 heavy (non-hydrogen) atoms. The minimum Gasteiger partial charge on any atom is -0.337 e. The van der Waals surface area contributed by atoms with Crippen LogP contribution in [0.1, 0.15) is 37.0 Å². The lowest BCUT2D eigenvalue weighted by atomic mass is 10.1. The fourth-order valence-corrected chi connectivity index (χ4v) is 3.06. The Balaban J connectivity index is 2.17. The molecular formula is C16H22Cl2N2O. The van der Waals surface area contributed by atoms with E-state index in [9.17, 15) is 4.79 Å². The van der Waals surface area contributed by atoms with Crippen LogP contribution in [0.15, 0.2) is 18.2 Å². The molecule has 1 aliphatic heterocycles. The summed E-state index contributed by atoms with van der Waals surface area (Å²) in [6.45, 7) is 6.70. The van der Waals surface area contributed by atoms with E-state index in [1.54, 1.807) is 18.2 Å². The van der Waals surface area contributed by atoms with Gasteiger partial charge in [-0.2, -0.15) is 0 Å². The molecule has 5 heteroatoms. The maximum atomic E-state index is 12.8. The minimum atomic E-state index is -0.0371. The van der Waals surface area contributed by atoms with E-state index in [0.717, 1.165) is 26.1 Å². The van der Waals surface area contributed by atoms with E-state index in [0.29, 0.717) is 27.6 Å². The highest BCUT2D eigenvalue weighted by atomic mass is 35.5. The van der Waals surface area contributed by atoms with Crippen LogP contribution in [0.4, 0.5) is 0 Å². The van der Waals surface area contributed by atoms with Gasteiger partial charge in [0, 0.05) is 24.2 Å². The van der Waals surface area contributed by atoms with E-state index in [2.05, 4.69) is 19.2 Å². The quantitative estimate of drug-likeness (QED) is 0.890. The molecule has 1 fully saturated rings. The van der Waals surface area contributed by atoms with Gasteiger partial charge in [0.2, 0.25) is 0 Å². The summed E-state index contributed by atoms with van der Waals surface area (Å²) < 4.78 is 0. The summed E-state index contributed by atoms with van der Waals surface area (Å²) in [4.78, 5) is 14.7. The van der Waals surface area contributed by atoms with Crippen molar-refractivity contribution in [3.8, 4) is 0 Å². The molecule has 0 spiro atoms. The van der Waals surface area contributed by atoms with Gasteiger partial charge in [-0.25, -0.2) is 0 Å². The molecule has 0 aromatic heterocycles. The molecule has 0 saturated carbocycles. The largest absolute Gasteiger partial charge is 0.337 e. The zero-order valence-electron chi connectivity index (χ0n) is 12.5. The summed E-state index contributed by atoms with van der Waals surface area (Å²) in [6.07, 6.45) is 2.29. The van der Waals surface area contributed by atoms with Gasteiger partial charge in [-0.1, -0.05) is 37.0 Å². The predicted molar refractivity (Wildman–Crippen MR) is 88.2 cm³/mol. The van der Waals surface area contributed by atoms with Gasteiger partial charge >= 0.3 is 0 Å². The molecule has 0 bridgehead atoms. The van der Waals surface area contributed by atoms with Gasteiger partial charge in [-0.05, 0) is 43.5 Å². The van der Waals surface area contributed by atoms with Crippen LogP contribution in [-0.2, 0) is 0 Å². The third-order valence-corrected chi connectivity index (χ3v) is 4.20. The van der Waals surface area contributed by atoms with Crippen LogP contribution in [0.3, 0.4) is 0 Å². The molecule has 1 aromatic carbocycles. The molecule has 0 aliphatic carbocycles. The average molecular weight is 329 g/mol. The van der Waals surface area contributed by atoms with Gasteiger partial charge in [0.05, 0.1) is 10.6 Å². The van der Waals surface area contributed by atoms with Crippen LogP contribution in [0.2, 0.25) is 10.0 Å². The van der Waals surface area contributed by atoms with Crippen molar-refractivity contribution in [3.05, 3.63) is 33.8 Å². The number of rotatable bonds is 5. The second kappa shape index (κ2) is 7.48. The molecule has 1 aromatic rings. The van der Waals surface area contributed by atoms with Crippen LogP contribution in [0.25, 0.3) is 0 Å². The Morgan fingerprint density at radius 2 is 2.19 bits per heavy atom. The molecule has 1 amide bonds. The summed E-state index contributed by atoms with van der Waals surface area (Å²) in [6, 6.07) is 5.41. The van der Waals surface area contributed by atoms with E-state index in [1.165, 1.54) is 6.42 Å². The number of nitrogens with zero attached hydrogens (tertiary/aromatic N) is 1. The van der Waals surface area contributed by atoms with Crippen LogP contribution in [0, 0.1) is 5.92 Å². The third-order valence-electron chi connectivity index (χ3n) is 3.63. The number of carbonyl (C=O) groups excluding carboxylic acids is 1. The van der Waals surface area contributed by atoms with E-state index < -0.39 is 0 Å². The third kappa shape index (κ3) is 4.60. The summed E-state index contributed by atoms with van der Waals surface area (Å²) >= 11 is 12.2. The number of hydrogen-bond acceptors (Lipinski definition) is 2. The molecular weight excluding hydrogens is 307 g/mol. The highest BCUT2D eigenvalue weighted by molar-refractivity contribution is 6.35. The Labute approximate surface area is 136 Å². The Morgan fingerprint density at radius 3 is 2.81 bits per heavy atom. The number of hydrogen-bond donors (Lipinski definition) is 1. The Morgan fingerprint density at radius 1 is 1.43 bits per heavy atom. The van der Waals surface area contributed by atoms with Gasteiger partial charge in [0.15, 0.2) is 0 Å². The smallest absolute Gasteiger partial charge is 0.255 e. The van der Waals surface area contributed by atoms with Crippen molar-refractivity contribution in [1.29, 1.82) is 0 Å². The van der Waals surface area contributed by atoms with Gasteiger partial charge in [-0.3, -0.25) is 4.79 Å². The van der Waals surface area contributed by atoms with E-state index in [1.807, 2.05) is 4.90 Å². The molecule has 1 N–H and O–H groups in total. The zero-order chi connectivity index (χ0) is 15.4. The van der Waals surface area contributed by atoms with Crippen molar-refractivity contribution in [3.63, 3.8) is 0 Å². The maximum absolute atomic E-state index is 12.8. The molecule has 1 atom stereocenters. The Hall–Kier alpha value is -0.770. The SMILES string of the molecule is CC(C)CN(CC1CCCN1)C(=O)c1cc(Cl)ccc1Cl. The first kappa shape index (κ1) is 16.6. The van der Waals surface area contributed by atoms with E-state index in [-0.39, 0.29) is 5.91 Å². The van der Waals surface area contributed by atoms with Crippen molar-refractivity contribution in [2.24, 2.45) is 5.92 Å². The molecule has 1 saturated heterocycles. The normalized spacial score (nSPS) is 18.2. The number of halogens is 2. The molecule has 1 unspecified atom stereocenters. The van der Waals surface area contributed by atoms with E-state index in [4.69, 9.17) is 23.2 Å². The zero-order valence-corrected chi connectivity index (χ0v) is 14.0. The van der Waals surface area contributed by atoms with Crippen molar-refractivity contribution >= 4 is 29.1 Å². The average Bonchev–Trinajstić information content (AvgIpc) is 2.92. The van der Waals surface area contributed by atoms with Gasteiger partial charge in [-0.15, -0.1) is 0 Å². The summed E-state index contributed by atoms with van der Waals surface area (Å²) in [5, 5.41) is 4.43. The second-order valence-electron chi connectivity index (χ2n) is 6.02.